The van der Waals surface area contributed by atoms with Crippen LogP contribution in [0.25, 0.3) is 10.9 Å². The van der Waals surface area contributed by atoms with Gasteiger partial charge in [-0.05, 0) is 61.0 Å². The first kappa shape index (κ1) is 17.7. The minimum atomic E-state index is -0.208. The van der Waals surface area contributed by atoms with E-state index < -0.39 is 0 Å². The van der Waals surface area contributed by atoms with Gasteiger partial charge in [0.15, 0.2) is 6.61 Å². The van der Waals surface area contributed by atoms with Crippen LogP contribution in [0.3, 0.4) is 0 Å². The van der Waals surface area contributed by atoms with Gasteiger partial charge in [0.25, 0.3) is 11.5 Å². The minimum Gasteiger partial charge on any atom is -0.484 e. The molecule has 2 N–H and O–H groups in total. The molecule has 0 bridgehead atoms. The van der Waals surface area contributed by atoms with Crippen LogP contribution in [0.15, 0.2) is 53.3 Å². The number of hydrogen-bond acceptors (Lipinski definition) is 3. The summed E-state index contributed by atoms with van der Waals surface area (Å²) in [5, 5.41) is 3.76. The predicted octanol–water partition coefficient (Wildman–Crippen LogP) is 2.88. The summed E-state index contributed by atoms with van der Waals surface area (Å²) in [4.78, 5) is 26.9. The van der Waals surface area contributed by atoms with Crippen molar-refractivity contribution in [2.24, 2.45) is 0 Å². The van der Waals surface area contributed by atoms with Gasteiger partial charge >= 0.3 is 0 Å². The van der Waals surface area contributed by atoms with Gasteiger partial charge in [0, 0.05) is 17.6 Å². The summed E-state index contributed by atoms with van der Waals surface area (Å²) in [7, 11) is 0. The van der Waals surface area contributed by atoms with Crippen molar-refractivity contribution in [3.8, 4) is 5.75 Å². The maximum absolute atomic E-state index is 12.1. The summed E-state index contributed by atoms with van der Waals surface area (Å²) in [6, 6.07) is 15.2. The van der Waals surface area contributed by atoms with Crippen LogP contribution in [-0.2, 0) is 11.2 Å². The second-order valence-electron chi connectivity index (χ2n) is 6.35. The largest absolute Gasteiger partial charge is 0.484 e. The van der Waals surface area contributed by atoms with E-state index in [0.717, 1.165) is 16.5 Å². The molecular weight excluding hydrogens is 328 g/mol. The van der Waals surface area contributed by atoms with E-state index in [4.69, 9.17) is 4.74 Å². The average molecular weight is 350 g/mol. The molecule has 0 aliphatic carbocycles. The summed E-state index contributed by atoms with van der Waals surface area (Å²) in [6.45, 7) is 4.37. The van der Waals surface area contributed by atoms with Crippen LogP contribution in [0.4, 0.5) is 0 Å². The first-order valence-corrected chi connectivity index (χ1v) is 8.60. The fraction of sp³-hybridized carbons (Fsp3) is 0.238. The van der Waals surface area contributed by atoms with E-state index in [2.05, 4.69) is 10.3 Å². The predicted molar refractivity (Wildman–Crippen MR) is 103 cm³/mol. The Hall–Kier alpha value is -3.08. The van der Waals surface area contributed by atoms with E-state index in [1.807, 2.05) is 62.4 Å². The molecule has 26 heavy (non-hydrogen) atoms. The normalized spacial score (nSPS) is 10.7. The Balaban J connectivity index is 1.51. The Bertz CT molecular complexity index is 992. The zero-order chi connectivity index (χ0) is 18.5. The highest BCUT2D eigenvalue weighted by Crippen LogP contribution is 2.16. The van der Waals surface area contributed by atoms with Crippen molar-refractivity contribution in [1.29, 1.82) is 0 Å². The number of para-hydroxylation sites is 1. The molecule has 0 radical (unpaired) electrons. The van der Waals surface area contributed by atoms with Gasteiger partial charge in [-0.3, -0.25) is 9.59 Å². The van der Waals surface area contributed by atoms with E-state index in [-0.39, 0.29) is 18.1 Å². The molecule has 5 heteroatoms. The lowest BCUT2D eigenvalue weighted by Gasteiger charge is -2.09. The Morgan fingerprint density at radius 3 is 2.69 bits per heavy atom. The first-order valence-electron chi connectivity index (χ1n) is 8.60. The van der Waals surface area contributed by atoms with Crippen molar-refractivity contribution < 1.29 is 9.53 Å². The zero-order valence-corrected chi connectivity index (χ0v) is 15.0. The number of H-pyrrole nitrogens is 1. The van der Waals surface area contributed by atoms with Crippen LogP contribution in [0, 0.1) is 13.8 Å². The smallest absolute Gasteiger partial charge is 0.257 e. The maximum atomic E-state index is 12.1. The molecule has 0 aliphatic rings. The van der Waals surface area contributed by atoms with Gasteiger partial charge in [0.2, 0.25) is 0 Å². The van der Waals surface area contributed by atoms with Crippen LogP contribution >= 0.6 is 0 Å². The number of pyridine rings is 1. The molecule has 2 aromatic carbocycles. The van der Waals surface area contributed by atoms with Gasteiger partial charge in [-0.1, -0.05) is 24.3 Å². The topological polar surface area (TPSA) is 71.2 Å². The Morgan fingerprint density at radius 1 is 1.08 bits per heavy atom. The second-order valence-corrected chi connectivity index (χ2v) is 6.35. The Kier molecular flexibility index (Phi) is 5.37. The number of nitrogens with one attached hydrogen (secondary N) is 2. The molecule has 0 fully saturated rings. The zero-order valence-electron chi connectivity index (χ0n) is 15.0. The quantitative estimate of drug-likeness (QED) is 0.718. The number of carbonyl (C=O) groups is 1. The molecule has 3 rings (SSSR count). The van der Waals surface area contributed by atoms with E-state index in [1.165, 1.54) is 5.56 Å². The lowest BCUT2D eigenvalue weighted by molar-refractivity contribution is -0.123. The van der Waals surface area contributed by atoms with Crippen LogP contribution in [0.2, 0.25) is 0 Å². The van der Waals surface area contributed by atoms with Crippen molar-refractivity contribution in [3.05, 3.63) is 75.6 Å². The standard InChI is InChI=1S/C21H22N2O3/c1-14-7-8-18(11-15(14)2)26-13-20(24)22-10-9-17-12-16-5-3-4-6-19(16)23-21(17)25/h3-8,11-12H,9-10,13H2,1-2H3,(H,22,24)(H,23,25). The van der Waals surface area contributed by atoms with Gasteiger partial charge in [-0.15, -0.1) is 0 Å². The SMILES string of the molecule is Cc1ccc(OCC(=O)NCCc2cc3ccccc3[nH]c2=O)cc1C. The number of hydrogen-bond donors (Lipinski definition) is 2. The minimum absolute atomic E-state index is 0.0451. The monoisotopic (exact) mass is 350 g/mol. The number of aryl methyl sites for hydroxylation is 2. The summed E-state index contributed by atoms with van der Waals surface area (Å²) < 4.78 is 5.51. The molecule has 3 aromatic rings. The third kappa shape index (κ3) is 4.30. The molecule has 0 saturated carbocycles. The number of benzene rings is 2. The molecule has 134 valence electrons. The number of aromatic amines is 1. The maximum Gasteiger partial charge on any atom is 0.257 e. The molecule has 0 aliphatic heterocycles. The highest BCUT2D eigenvalue weighted by Gasteiger charge is 2.06. The van der Waals surface area contributed by atoms with Crippen molar-refractivity contribution >= 4 is 16.8 Å². The third-order valence-corrected chi connectivity index (χ3v) is 4.40. The molecular formula is C21H22N2O3. The molecule has 5 nitrogen and oxygen atoms in total. The Morgan fingerprint density at radius 2 is 1.88 bits per heavy atom. The van der Waals surface area contributed by atoms with E-state index in [1.54, 1.807) is 0 Å². The molecule has 0 saturated heterocycles. The number of ether oxygens (including phenoxy) is 1. The highest BCUT2D eigenvalue weighted by molar-refractivity contribution is 5.79. The number of rotatable bonds is 6. The van der Waals surface area contributed by atoms with Gasteiger partial charge in [0.1, 0.15) is 5.75 Å². The summed E-state index contributed by atoms with van der Waals surface area (Å²) in [5.41, 5.74) is 3.65. The highest BCUT2D eigenvalue weighted by atomic mass is 16.5. The van der Waals surface area contributed by atoms with Gasteiger partial charge in [0.05, 0.1) is 0 Å². The second kappa shape index (κ2) is 7.87. The number of carbonyl (C=O) groups excluding carboxylic acids is 1. The number of aromatic nitrogens is 1. The molecule has 0 unspecified atom stereocenters. The summed E-state index contributed by atoms with van der Waals surface area (Å²) in [5.74, 6) is 0.467. The van der Waals surface area contributed by atoms with Crippen LogP contribution in [0.5, 0.6) is 5.75 Å². The summed E-state index contributed by atoms with van der Waals surface area (Å²) >= 11 is 0. The van der Waals surface area contributed by atoms with Gasteiger partial charge in [-0.2, -0.15) is 0 Å². The molecule has 1 heterocycles. The van der Waals surface area contributed by atoms with Crippen LogP contribution in [0.1, 0.15) is 16.7 Å². The number of fused-ring (bicyclic) bond motifs is 1. The molecule has 0 atom stereocenters. The van der Waals surface area contributed by atoms with Crippen molar-refractivity contribution in [1.82, 2.24) is 10.3 Å². The average Bonchev–Trinajstić information content (AvgIpc) is 2.63. The lowest BCUT2D eigenvalue weighted by Crippen LogP contribution is -2.31. The number of amides is 1. The summed E-state index contributed by atoms with van der Waals surface area (Å²) in [6.07, 6.45) is 0.468. The van der Waals surface area contributed by atoms with Crippen molar-refractivity contribution in [2.75, 3.05) is 13.2 Å². The Labute approximate surface area is 152 Å². The molecule has 0 spiro atoms. The first-order chi connectivity index (χ1) is 12.5. The van der Waals surface area contributed by atoms with E-state index in [0.29, 0.717) is 24.3 Å². The van der Waals surface area contributed by atoms with Crippen LogP contribution in [-0.4, -0.2) is 24.0 Å². The van der Waals surface area contributed by atoms with Crippen molar-refractivity contribution in [2.45, 2.75) is 20.3 Å². The lowest BCUT2D eigenvalue weighted by atomic mass is 10.1. The fourth-order valence-corrected chi connectivity index (χ4v) is 2.72. The van der Waals surface area contributed by atoms with Gasteiger partial charge < -0.3 is 15.0 Å². The van der Waals surface area contributed by atoms with E-state index in [9.17, 15) is 9.59 Å². The van der Waals surface area contributed by atoms with Crippen LogP contribution < -0.4 is 15.6 Å². The van der Waals surface area contributed by atoms with Crippen molar-refractivity contribution in [3.63, 3.8) is 0 Å². The van der Waals surface area contributed by atoms with E-state index >= 15 is 0 Å². The fourth-order valence-electron chi connectivity index (χ4n) is 2.72. The molecule has 1 amide bonds. The van der Waals surface area contributed by atoms with Gasteiger partial charge in [-0.25, -0.2) is 0 Å². The third-order valence-electron chi connectivity index (χ3n) is 4.40. The molecule has 1 aromatic heterocycles.